The van der Waals surface area contributed by atoms with Crippen LogP contribution in [0, 0.1) is 23.3 Å². The molecule has 1 amide bonds. The third-order valence-electron chi connectivity index (χ3n) is 2.81. The van der Waals surface area contributed by atoms with Gasteiger partial charge in [0, 0.05) is 11.8 Å². The molecule has 2 N–H and O–H groups in total. The molecule has 8 heteroatoms. The summed E-state index contributed by atoms with van der Waals surface area (Å²) in [4.78, 5) is 11.8. The standard InChI is InChI=1S/C13H11F4N3O/c1-5(2)8-4-9(20-19-8)18-13(21)6-3-7(14)11(16)12(17)10(6)15/h3-5H,1-2H3,(H2,18,19,20,21). The Bertz CT molecular complexity index is 697. The Kier molecular flexibility index (Phi) is 3.97. The SMILES string of the molecule is CC(C)c1cc(NC(=O)c2cc(F)c(F)c(F)c2F)n[nH]1. The average Bonchev–Trinajstić information content (AvgIpc) is 2.89. The molecule has 21 heavy (non-hydrogen) atoms. The van der Waals surface area contributed by atoms with Gasteiger partial charge in [-0.1, -0.05) is 13.8 Å². The number of anilines is 1. The summed E-state index contributed by atoms with van der Waals surface area (Å²) in [7, 11) is 0. The van der Waals surface area contributed by atoms with E-state index in [2.05, 4.69) is 15.5 Å². The van der Waals surface area contributed by atoms with Crippen molar-refractivity contribution in [3.63, 3.8) is 0 Å². The Hall–Kier alpha value is -2.38. The van der Waals surface area contributed by atoms with Crippen LogP contribution in [-0.2, 0) is 0 Å². The lowest BCUT2D eigenvalue weighted by Crippen LogP contribution is -2.16. The number of hydrogen-bond donors (Lipinski definition) is 2. The van der Waals surface area contributed by atoms with Gasteiger partial charge >= 0.3 is 0 Å². The van der Waals surface area contributed by atoms with Crippen LogP contribution in [0.4, 0.5) is 23.4 Å². The summed E-state index contributed by atoms with van der Waals surface area (Å²) < 4.78 is 52.4. The summed E-state index contributed by atoms with van der Waals surface area (Å²) >= 11 is 0. The third-order valence-corrected chi connectivity index (χ3v) is 2.81. The molecule has 0 saturated carbocycles. The number of nitrogens with zero attached hydrogens (tertiary/aromatic N) is 1. The van der Waals surface area contributed by atoms with E-state index in [4.69, 9.17) is 0 Å². The molecule has 0 aliphatic rings. The van der Waals surface area contributed by atoms with Gasteiger partial charge in [0.25, 0.3) is 5.91 Å². The molecular formula is C13H11F4N3O. The zero-order valence-corrected chi connectivity index (χ0v) is 11.1. The van der Waals surface area contributed by atoms with E-state index >= 15 is 0 Å². The van der Waals surface area contributed by atoms with E-state index in [1.54, 1.807) is 0 Å². The van der Waals surface area contributed by atoms with Gasteiger partial charge in [-0.3, -0.25) is 9.89 Å². The van der Waals surface area contributed by atoms with Crippen molar-refractivity contribution in [1.82, 2.24) is 10.2 Å². The maximum Gasteiger partial charge on any atom is 0.260 e. The second-order valence-electron chi connectivity index (χ2n) is 4.67. The number of benzene rings is 1. The molecular weight excluding hydrogens is 290 g/mol. The van der Waals surface area contributed by atoms with Crippen LogP contribution < -0.4 is 5.32 Å². The summed E-state index contributed by atoms with van der Waals surface area (Å²) in [6.45, 7) is 3.76. The summed E-state index contributed by atoms with van der Waals surface area (Å²) in [6, 6.07) is 1.79. The van der Waals surface area contributed by atoms with Crippen LogP contribution in [-0.4, -0.2) is 16.1 Å². The van der Waals surface area contributed by atoms with Crippen LogP contribution in [0.3, 0.4) is 0 Å². The number of halogens is 4. The molecule has 0 fully saturated rings. The molecule has 2 rings (SSSR count). The van der Waals surface area contributed by atoms with Crippen LogP contribution in [0.2, 0.25) is 0 Å². The van der Waals surface area contributed by atoms with Crippen LogP contribution in [0.25, 0.3) is 0 Å². The number of hydrogen-bond acceptors (Lipinski definition) is 2. The topological polar surface area (TPSA) is 57.8 Å². The Morgan fingerprint density at radius 3 is 2.38 bits per heavy atom. The maximum atomic E-state index is 13.5. The average molecular weight is 301 g/mol. The lowest BCUT2D eigenvalue weighted by Gasteiger charge is -2.05. The molecule has 0 aliphatic carbocycles. The van der Waals surface area contributed by atoms with E-state index in [-0.39, 0.29) is 11.7 Å². The first-order valence-electron chi connectivity index (χ1n) is 6.01. The highest BCUT2D eigenvalue weighted by atomic mass is 19.2. The van der Waals surface area contributed by atoms with Crippen molar-refractivity contribution in [3.8, 4) is 0 Å². The smallest absolute Gasteiger partial charge is 0.260 e. The van der Waals surface area contributed by atoms with Crippen molar-refractivity contribution in [2.24, 2.45) is 0 Å². The van der Waals surface area contributed by atoms with Gasteiger partial charge < -0.3 is 5.32 Å². The number of carbonyl (C=O) groups is 1. The fraction of sp³-hybridized carbons (Fsp3) is 0.231. The zero-order valence-electron chi connectivity index (χ0n) is 11.1. The summed E-state index contributed by atoms with van der Waals surface area (Å²) in [5.41, 5.74) is -0.234. The molecule has 0 saturated heterocycles. The van der Waals surface area contributed by atoms with Gasteiger partial charge in [-0.2, -0.15) is 5.10 Å². The van der Waals surface area contributed by atoms with E-state index < -0.39 is 34.7 Å². The minimum Gasteiger partial charge on any atom is -0.305 e. The number of nitrogens with one attached hydrogen (secondary N) is 2. The Balaban J connectivity index is 2.28. The number of H-pyrrole nitrogens is 1. The number of rotatable bonds is 3. The highest BCUT2D eigenvalue weighted by Crippen LogP contribution is 2.20. The van der Waals surface area contributed by atoms with Gasteiger partial charge in [-0.15, -0.1) is 0 Å². The van der Waals surface area contributed by atoms with E-state index in [9.17, 15) is 22.4 Å². The third kappa shape index (κ3) is 2.88. The number of amides is 1. The van der Waals surface area contributed by atoms with Crippen molar-refractivity contribution in [2.45, 2.75) is 19.8 Å². The lowest BCUT2D eigenvalue weighted by molar-refractivity contribution is 0.102. The minimum atomic E-state index is -2.04. The fourth-order valence-corrected chi connectivity index (χ4v) is 1.62. The normalized spacial score (nSPS) is 11.0. The molecule has 0 aliphatic heterocycles. The van der Waals surface area contributed by atoms with Gasteiger partial charge in [0.15, 0.2) is 29.1 Å². The number of carbonyl (C=O) groups excluding carboxylic acids is 1. The van der Waals surface area contributed by atoms with Crippen LogP contribution >= 0.6 is 0 Å². The van der Waals surface area contributed by atoms with Crippen LogP contribution in [0.5, 0.6) is 0 Å². The molecule has 0 radical (unpaired) electrons. The van der Waals surface area contributed by atoms with E-state index in [1.165, 1.54) is 6.07 Å². The van der Waals surface area contributed by atoms with E-state index in [0.29, 0.717) is 11.8 Å². The van der Waals surface area contributed by atoms with Crippen LogP contribution in [0.15, 0.2) is 12.1 Å². The van der Waals surface area contributed by atoms with Crippen molar-refractivity contribution < 1.29 is 22.4 Å². The number of aromatic amines is 1. The first kappa shape index (κ1) is 15.0. The first-order chi connectivity index (χ1) is 9.81. The second kappa shape index (κ2) is 5.55. The fourth-order valence-electron chi connectivity index (χ4n) is 1.62. The lowest BCUT2D eigenvalue weighted by atomic mass is 10.1. The van der Waals surface area contributed by atoms with Crippen molar-refractivity contribution in [3.05, 3.63) is 46.7 Å². The molecule has 2 aromatic rings. The second-order valence-corrected chi connectivity index (χ2v) is 4.67. The summed E-state index contributed by atoms with van der Waals surface area (Å²) in [6.07, 6.45) is 0. The Morgan fingerprint density at radius 1 is 1.14 bits per heavy atom. The van der Waals surface area contributed by atoms with Gasteiger partial charge in [0.2, 0.25) is 0 Å². The summed E-state index contributed by atoms with van der Waals surface area (Å²) in [5, 5.41) is 8.57. The molecule has 1 heterocycles. The van der Waals surface area contributed by atoms with E-state index in [0.717, 1.165) is 0 Å². The maximum absolute atomic E-state index is 13.5. The molecule has 0 spiro atoms. The predicted molar refractivity (Wildman–Crippen MR) is 66.9 cm³/mol. The summed E-state index contributed by atoms with van der Waals surface area (Å²) in [5.74, 6) is -8.37. The van der Waals surface area contributed by atoms with E-state index in [1.807, 2.05) is 13.8 Å². The quantitative estimate of drug-likeness (QED) is 0.519. The highest BCUT2D eigenvalue weighted by molar-refractivity contribution is 6.04. The van der Waals surface area contributed by atoms with Crippen molar-refractivity contribution in [1.29, 1.82) is 0 Å². The monoisotopic (exact) mass is 301 g/mol. The van der Waals surface area contributed by atoms with Crippen LogP contribution in [0.1, 0.15) is 35.8 Å². The predicted octanol–water partition coefficient (Wildman–Crippen LogP) is 3.34. The highest BCUT2D eigenvalue weighted by Gasteiger charge is 2.23. The largest absolute Gasteiger partial charge is 0.305 e. The molecule has 112 valence electrons. The minimum absolute atomic E-state index is 0.0632. The molecule has 0 unspecified atom stereocenters. The first-order valence-corrected chi connectivity index (χ1v) is 6.01. The molecule has 4 nitrogen and oxygen atoms in total. The van der Waals surface area contributed by atoms with Gasteiger partial charge in [0.05, 0.1) is 5.56 Å². The Morgan fingerprint density at radius 2 is 1.81 bits per heavy atom. The molecule has 1 aromatic carbocycles. The van der Waals surface area contributed by atoms with Gasteiger partial charge in [-0.05, 0) is 12.0 Å². The van der Waals surface area contributed by atoms with Crippen molar-refractivity contribution in [2.75, 3.05) is 5.32 Å². The van der Waals surface area contributed by atoms with Crippen molar-refractivity contribution >= 4 is 11.7 Å². The molecule has 1 aromatic heterocycles. The van der Waals surface area contributed by atoms with Gasteiger partial charge in [-0.25, -0.2) is 17.6 Å². The Labute approximate surface area is 117 Å². The zero-order chi connectivity index (χ0) is 15.7. The molecule has 0 bridgehead atoms. The molecule has 0 atom stereocenters. The van der Waals surface area contributed by atoms with Gasteiger partial charge in [0.1, 0.15) is 0 Å². The number of aromatic nitrogens is 2.